The van der Waals surface area contributed by atoms with Gasteiger partial charge in [-0.25, -0.2) is 13.1 Å². The average molecular weight is 630 g/mol. The molecule has 2 heterocycles. The fourth-order valence-corrected chi connectivity index (χ4v) is 9.37. The van der Waals surface area contributed by atoms with Crippen LogP contribution in [0.5, 0.6) is 5.75 Å². The Balaban J connectivity index is 1.42. The normalized spacial score (nSPS) is 34.2. The van der Waals surface area contributed by atoms with Gasteiger partial charge in [0.1, 0.15) is 5.75 Å². The Morgan fingerprint density at radius 2 is 1.95 bits per heavy atom. The number of fused-ring (bicyclic) bond motifs is 4. The molecule has 234 valence electrons. The number of aliphatic hydroxyl groups excluding tert-OH is 1. The molecule has 0 unspecified atom stereocenters. The number of benzene rings is 2. The van der Waals surface area contributed by atoms with Gasteiger partial charge in [-0.15, -0.1) is 0 Å². The Morgan fingerprint density at radius 1 is 1.14 bits per heavy atom. The molecule has 2 aromatic rings. The highest BCUT2D eigenvalue weighted by atomic mass is 35.5. The maximum Gasteiger partial charge on any atom is 0.264 e. The predicted octanol–water partition coefficient (Wildman–Crippen LogP) is 4.67. The van der Waals surface area contributed by atoms with Gasteiger partial charge < -0.3 is 20.1 Å². The predicted molar refractivity (Wildman–Crippen MR) is 170 cm³/mol. The van der Waals surface area contributed by atoms with Gasteiger partial charge in [-0.2, -0.15) is 0 Å². The molecule has 1 saturated carbocycles. The Bertz CT molecular complexity index is 1480. The number of hydrogen-bond donors (Lipinski definition) is 3. The zero-order chi connectivity index (χ0) is 30.5. The van der Waals surface area contributed by atoms with Crippen LogP contribution >= 0.6 is 11.6 Å². The fourth-order valence-electron chi connectivity index (χ4n) is 7.89. The number of carbonyl (C=O) groups is 1. The van der Waals surface area contributed by atoms with E-state index in [4.69, 9.17) is 16.3 Å². The van der Waals surface area contributed by atoms with Crippen LogP contribution in [0.15, 0.2) is 36.4 Å². The Labute approximate surface area is 260 Å². The smallest absolute Gasteiger partial charge is 0.264 e. The maximum atomic E-state index is 13.4. The number of ether oxygens (including phenoxy) is 1. The molecule has 1 spiro atoms. The van der Waals surface area contributed by atoms with E-state index in [2.05, 4.69) is 27.1 Å². The molecule has 2 aliphatic carbocycles. The fraction of sp³-hybridized carbons (Fsp3) is 0.606. The van der Waals surface area contributed by atoms with Crippen LogP contribution in [0.1, 0.15) is 73.9 Å². The lowest BCUT2D eigenvalue weighted by Crippen LogP contribution is -2.50. The number of aliphatic hydroxyl groups is 1. The number of hydrogen-bond acceptors (Lipinski definition) is 7. The number of amides is 1. The summed E-state index contributed by atoms with van der Waals surface area (Å²) in [4.78, 5) is 15.8. The molecule has 1 amide bonds. The van der Waals surface area contributed by atoms with Crippen molar-refractivity contribution in [1.29, 1.82) is 0 Å². The topological polar surface area (TPSA) is 108 Å². The summed E-state index contributed by atoms with van der Waals surface area (Å²) >= 11 is 6.40. The molecule has 0 radical (unpaired) electrons. The second-order valence-electron chi connectivity index (χ2n) is 13.5. The lowest BCUT2D eigenvalue weighted by molar-refractivity contribution is 0.00355. The molecule has 10 heteroatoms. The number of carbonyl (C=O) groups excluding carboxylic acids is 1. The van der Waals surface area contributed by atoms with Crippen molar-refractivity contribution in [3.8, 4) is 5.75 Å². The number of rotatable bonds is 1. The molecular weight excluding hydrogens is 586 g/mol. The van der Waals surface area contributed by atoms with Gasteiger partial charge in [-0.1, -0.05) is 24.6 Å². The van der Waals surface area contributed by atoms with E-state index in [-0.39, 0.29) is 28.9 Å². The molecule has 0 saturated heterocycles. The van der Waals surface area contributed by atoms with Crippen molar-refractivity contribution in [2.24, 2.45) is 17.8 Å². The van der Waals surface area contributed by atoms with Crippen molar-refractivity contribution in [1.82, 2.24) is 10.0 Å². The maximum absolute atomic E-state index is 13.4. The summed E-state index contributed by atoms with van der Waals surface area (Å²) in [5.41, 5.74) is 3.34. The summed E-state index contributed by atoms with van der Waals surface area (Å²) in [7, 11) is -2.07. The van der Waals surface area contributed by atoms with Gasteiger partial charge in [-0.3, -0.25) is 4.79 Å². The second kappa shape index (κ2) is 11.9. The van der Waals surface area contributed by atoms with Gasteiger partial charge in [0, 0.05) is 35.1 Å². The molecule has 2 bridgehead atoms. The van der Waals surface area contributed by atoms with Gasteiger partial charge in [0.25, 0.3) is 5.91 Å². The number of halogens is 1. The zero-order valence-corrected chi connectivity index (χ0v) is 26.9. The summed E-state index contributed by atoms with van der Waals surface area (Å²) in [5, 5.41) is 14.7. The first-order chi connectivity index (χ1) is 20.5. The van der Waals surface area contributed by atoms with Gasteiger partial charge in [-0.05, 0) is 118 Å². The minimum atomic E-state index is -3.94. The third-order valence-electron chi connectivity index (χ3n) is 10.8. The zero-order valence-electron chi connectivity index (χ0n) is 25.3. The highest BCUT2D eigenvalue weighted by Gasteiger charge is 2.45. The van der Waals surface area contributed by atoms with Crippen LogP contribution in [0, 0.1) is 17.8 Å². The van der Waals surface area contributed by atoms with Crippen LogP contribution < -0.4 is 19.7 Å². The van der Waals surface area contributed by atoms with Crippen LogP contribution in [0.4, 0.5) is 5.69 Å². The number of anilines is 1. The molecule has 43 heavy (non-hydrogen) atoms. The monoisotopic (exact) mass is 629 g/mol. The summed E-state index contributed by atoms with van der Waals surface area (Å²) < 4.78 is 35.5. The molecule has 3 N–H and O–H groups in total. The molecular formula is C33H44ClN3O5S. The molecule has 8 nitrogen and oxygen atoms in total. The minimum absolute atomic E-state index is 0.0349. The molecule has 6 rings (SSSR count). The standard InChI is InChI=1S/C33H44ClN3O5S/c1-20-13-26(35-3)16-30(38)27-9-6-24(27)17-37-18-33(12-4-5-22-14-25(34)8-10-28(22)33)19-42-31-11-7-23(15-29(31)37)32(39)36-43(40,41)21(20)2/h7-8,10-11,14-15,20-21,24,26-27,30,35,38H,4-6,9,12-13,16-19H2,1-3H3,(H,36,39)/t20-,21+,24-,26+,27+,30-,33-/m0/s1. The third kappa shape index (κ3) is 5.90. The first kappa shape index (κ1) is 30.7. The number of nitrogens with one attached hydrogen (secondary N) is 2. The van der Waals surface area contributed by atoms with Gasteiger partial charge in [0.15, 0.2) is 0 Å². The molecule has 0 aromatic heterocycles. The number of nitrogens with zero attached hydrogens (tertiary/aromatic N) is 1. The molecule has 1 fully saturated rings. The van der Waals surface area contributed by atoms with Crippen LogP contribution in [0.2, 0.25) is 5.02 Å². The highest BCUT2D eigenvalue weighted by Crippen LogP contribution is 2.47. The lowest BCUT2D eigenvalue weighted by atomic mass is 9.68. The van der Waals surface area contributed by atoms with Gasteiger partial charge >= 0.3 is 0 Å². The Kier molecular flexibility index (Phi) is 8.48. The van der Waals surface area contributed by atoms with Crippen molar-refractivity contribution in [3.63, 3.8) is 0 Å². The SMILES string of the molecule is CN[C@@H]1C[C@H](C)[C@@H](C)S(=O)(=O)NC(=O)c2ccc3c(c2)N(C[C@@H]2CC[C@H]2[C@@H](O)C1)C[C@@]1(CCCc2cc(Cl)ccc21)CO3. The quantitative estimate of drug-likeness (QED) is 0.421. The summed E-state index contributed by atoms with van der Waals surface area (Å²) in [6, 6.07) is 11.4. The molecule has 2 aliphatic heterocycles. The highest BCUT2D eigenvalue weighted by molar-refractivity contribution is 7.90. The molecule has 2 aromatic carbocycles. The van der Waals surface area contributed by atoms with E-state index in [1.54, 1.807) is 25.1 Å². The van der Waals surface area contributed by atoms with Crippen molar-refractivity contribution < 1.29 is 23.1 Å². The van der Waals surface area contributed by atoms with Crippen molar-refractivity contribution >= 4 is 33.2 Å². The third-order valence-corrected chi connectivity index (χ3v) is 13.0. The van der Waals surface area contributed by atoms with E-state index in [0.29, 0.717) is 37.7 Å². The van der Waals surface area contributed by atoms with E-state index >= 15 is 0 Å². The van der Waals surface area contributed by atoms with Crippen LogP contribution in [0.25, 0.3) is 0 Å². The van der Waals surface area contributed by atoms with Gasteiger partial charge in [0.2, 0.25) is 10.0 Å². The Hall–Kier alpha value is -2.33. The van der Waals surface area contributed by atoms with Crippen molar-refractivity contribution in [2.75, 3.05) is 31.6 Å². The summed E-state index contributed by atoms with van der Waals surface area (Å²) in [5.74, 6) is 0.291. The van der Waals surface area contributed by atoms with Crippen molar-refractivity contribution in [2.45, 2.75) is 81.6 Å². The van der Waals surface area contributed by atoms with Crippen LogP contribution in [-0.2, 0) is 21.9 Å². The van der Waals surface area contributed by atoms with E-state index < -0.39 is 27.3 Å². The first-order valence-electron chi connectivity index (χ1n) is 15.7. The lowest BCUT2D eigenvalue weighted by Gasteiger charge is -2.46. The second-order valence-corrected chi connectivity index (χ2v) is 15.9. The molecule has 7 atom stereocenters. The van der Waals surface area contributed by atoms with E-state index in [1.807, 2.05) is 20.0 Å². The van der Waals surface area contributed by atoms with E-state index in [1.165, 1.54) is 11.1 Å². The van der Waals surface area contributed by atoms with Crippen LogP contribution in [-0.4, -0.2) is 63.6 Å². The molecule has 4 aliphatic rings. The number of aryl methyl sites for hydroxylation is 1. The summed E-state index contributed by atoms with van der Waals surface area (Å²) in [6.07, 6.45) is 5.62. The van der Waals surface area contributed by atoms with Crippen molar-refractivity contribution in [3.05, 3.63) is 58.1 Å². The average Bonchev–Trinajstić information content (AvgIpc) is 3.10. The summed E-state index contributed by atoms with van der Waals surface area (Å²) in [6.45, 7) is 5.47. The first-order valence-corrected chi connectivity index (χ1v) is 17.6. The Morgan fingerprint density at radius 3 is 2.70 bits per heavy atom. The van der Waals surface area contributed by atoms with Crippen LogP contribution in [0.3, 0.4) is 0 Å². The largest absolute Gasteiger partial charge is 0.490 e. The number of sulfonamides is 1. The van der Waals surface area contributed by atoms with E-state index in [9.17, 15) is 18.3 Å². The minimum Gasteiger partial charge on any atom is -0.490 e. The van der Waals surface area contributed by atoms with Gasteiger partial charge in [0.05, 0.1) is 23.6 Å². The van der Waals surface area contributed by atoms with E-state index in [0.717, 1.165) is 49.4 Å².